The van der Waals surface area contributed by atoms with E-state index >= 15 is 0 Å². The molecule has 0 aliphatic carbocycles. The average Bonchev–Trinajstić information content (AvgIpc) is 3.09. The Balaban J connectivity index is 1.77. The van der Waals surface area contributed by atoms with Gasteiger partial charge in [-0.25, -0.2) is 4.68 Å². The minimum Gasteiger partial charge on any atom is -0.391 e. The number of rotatable bonds is 2. The van der Waals surface area contributed by atoms with Crippen molar-refractivity contribution in [2.75, 3.05) is 13.1 Å². The number of tetrazole rings is 1. The van der Waals surface area contributed by atoms with Crippen LogP contribution in [-0.2, 0) is 0 Å². The van der Waals surface area contributed by atoms with Gasteiger partial charge in [0.2, 0.25) is 0 Å². The summed E-state index contributed by atoms with van der Waals surface area (Å²) in [7, 11) is 0. The third-order valence-corrected chi connectivity index (χ3v) is 3.18. The van der Waals surface area contributed by atoms with Crippen molar-refractivity contribution < 1.29 is 9.90 Å². The summed E-state index contributed by atoms with van der Waals surface area (Å²) in [4.78, 5) is 13.8. The molecule has 98 valence electrons. The van der Waals surface area contributed by atoms with Crippen molar-refractivity contribution in [3.8, 4) is 5.69 Å². The molecule has 0 spiro atoms. The topological polar surface area (TPSA) is 84.1 Å². The Labute approximate surface area is 109 Å². The fraction of sp³-hybridized carbons (Fsp3) is 0.333. The van der Waals surface area contributed by atoms with Crippen molar-refractivity contribution in [3.05, 3.63) is 36.2 Å². The summed E-state index contributed by atoms with van der Waals surface area (Å²) in [6.07, 6.45) is 1.74. The first-order valence-electron chi connectivity index (χ1n) is 6.05. The van der Waals surface area contributed by atoms with Gasteiger partial charge in [-0.1, -0.05) is 0 Å². The first-order valence-corrected chi connectivity index (χ1v) is 6.05. The first-order chi connectivity index (χ1) is 9.24. The van der Waals surface area contributed by atoms with Crippen LogP contribution in [0.25, 0.3) is 5.69 Å². The summed E-state index contributed by atoms with van der Waals surface area (Å²) in [5, 5.41) is 20.3. The normalized spacial score (nSPS) is 18.8. The molecule has 1 fully saturated rings. The van der Waals surface area contributed by atoms with E-state index in [2.05, 4.69) is 15.5 Å². The van der Waals surface area contributed by atoms with Gasteiger partial charge in [-0.15, -0.1) is 5.10 Å². The standard InChI is InChI=1S/C12H13N5O2/c18-11-5-6-16(7-11)12(19)9-1-3-10(4-2-9)17-8-13-14-15-17/h1-4,8,11,18H,5-7H2. The smallest absolute Gasteiger partial charge is 0.253 e. The summed E-state index contributed by atoms with van der Waals surface area (Å²) in [5.74, 6) is -0.0557. The Bertz CT molecular complexity index is 566. The highest BCUT2D eigenvalue weighted by Crippen LogP contribution is 2.15. The van der Waals surface area contributed by atoms with Crippen LogP contribution in [-0.4, -0.2) is 55.3 Å². The van der Waals surface area contributed by atoms with Gasteiger partial charge in [-0.05, 0) is 41.1 Å². The highest BCUT2D eigenvalue weighted by molar-refractivity contribution is 5.94. The Morgan fingerprint density at radius 3 is 2.68 bits per heavy atom. The number of amides is 1. The lowest BCUT2D eigenvalue weighted by Gasteiger charge is -2.15. The van der Waals surface area contributed by atoms with Crippen LogP contribution in [0.3, 0.4) is 0 Å². The minimum absolute atomic E-state index is 0.0557. The third kappa shape index (κ3) is 2.32. The zero-order chi connectivity index (χ0) is 13.2. The van der Waals surface area contributed by atoms with E-state index < -0.39 is 6.10 Å². The van der Waals surface area contributed by atoms with Crippen LogP contribution in [0.4, 0.5) is 0 Å². The van der Waals surface area contributed by atoms with Gasteiger partial charge < -0.3 is 10.0 Å². The van der Waals surface area contributed by atoms with Gasteiger partial charge in [-0.2, -0.15) is 0 Å². The van der Waals surface area contributed by atoms with Crippen LogP contribution in [0.15, 0.2) is 30.6 Å². The summed E-state index contributed by atoms with van der Waals surface area (Å²) in [6, 6.07) is 7.06. The third-order valence-electron chi connectivity index (χ3n) is 3.18. The molecule has 1 atom stereocenters. The Kier molecular flexibility index (Phi) is 2.96. The second-order valence-corrected chi connectivity index (χ2v) is 4.49. The number of aliphatic hydroxyl groups excluding tert-OH is 1. The van der Waals surface area contributed by atoms with Crippen molar-refractivity contribution in [1.82, 2.24) is 25.1 Å². The van der Waals surface area contributed by atoms with Crippen LogP contribution in [0.1, 0.15) is 16.8 Å². The fourth-order valence-electron chi connectivity index (χ4n) is 2.15. The molecular weight excluding hydrogens is 246 g/mol. The van der Waals surface area contributed by atoms with Gasteiger partial charge >= 0.3 is 0 Å². The van der Waals surface area contributed by atoms with Gasteiger partial charge in [0.15, 0.2) is 0 Å². The molecular formula is C12H13N5O2. The van der Waals surface area contributed by atoms with E-state index in [4.69, 9.17) is 0 Å². The van der Waals surface area contributed by atoms with Gasteiger partial charge in [0.1, 0.15) is 6.33 Å². The zero-order valence-electron chi connectivity index (χ0n) is 10.2. The molecule has 7 heteroatoms. The SMILES string of the molecule is O=C(c1ccc(-n2cnnn2)cc1)N1CCC(O)C1. The number of benzene rings is 1. The summed E-state index contributed by atoms with van der Waals surface area (Å²) in [6.45, 7) is 1.02. The molecule has 2 heterocycles. The van der Waals surface area contributed by atoms with Gasteiger partial charge in [0, 0.05) is 18.7 Å². The molecule has 7 nitrogen and oxygen atoms in total. The van der Waals surface area contributed by atoms with Crippen molar-refractivity contribution in [2.45, 2.75) is 12.5 Å². The van der Waals surface area contributed by atoms with Crippen LogP contribution in [0, 0.1) is 0 Å². The number of aromatic nitrogens is 4. The maximum atomic E-state index is 12.2. The Morgan fingerprint density at radius 1 is 1.32 bits per heavy atom. The minimum atomic E-state index is -0.399. The van der Waals surface area contributed by atoms with Crippen LogP contribution in [0.5, 0.6) is 0 Å². The first kappa shape index (κ1) is 11.8. The number of hydrogen-bond acceptors (Lipinski definition) is 5. The van der Waals surface area contributed by atoms with Crippen LogP contribution < -0.4 is 0 Å². The Hall–Kier alpha value is -2.28. The number of nitrogens with zero attached hydrogens (tertiary/aromatic N) is 5. The lowest BCUT2D eigenvalue weighted by atomic mass is 10.2. The van der Waals surface area contributed by atoms with E-state index in [1.165, 1.54) is 11.0 Å². The number of carbonyl (C=O) groups excluding carboxylic acids is 1. The maximum absolute atomic E-state index is 12.2. The number of β-amino-alcohol motifs (C(OH)–C–C–N with tert-alkyl or cyclic N) is 1. The molecule has 19 heavy (non-hydrogen) atoms. The summed E-state index contributed by atoms with van der Waals surface area (Å²) >= 11 is 0. The van der Waals surface area contributed by atoms with E-state index in [1.54, 1.807) is 29.2 Å². The lowest BCUT2D eigenvalue weighted by Crippen LogP contribution is -2.29. The van der Waals surface area contributed by atoms with E-state index in [1.807, 2.05) is 0 Å². The molecule has 1 unspecified atom stereocenters. The van der Waals surface area contributed by atoms with Gasteiger partial charge in [0.25, 0.3) is 5.91 Å². The number of aliphatic hydroxyl groups is 1. The predicted molar refractivity (Wildman–Crippen MR) is 65.7 cm³/mol. The molecule has 1 saturated heterocycles. The molecule has 1 aromatic carbocycles. The Morgan fingerprint density at radius 2 is 2.11 bits per heavy atom. The second-order valence-electron chi connectivity index (χ2n) is 4.49. The largest absolute Gasteiger partial charge is 0.391 e. The van der Waals surface area contributed by atoms with E-state index in [0.29, 0.717) is 25.1 Å². The van der Waals surface area contributed by atoms with Crippen LogP contribution in [0.2, 0.25) is 0 Å². The molecule has 1 amide bonds. The maximum Gasteiger partial charge on any atom is 0.253 e. The van der Waals surface area contributed by atoms with Crippen LogP contribution >= 0.6 is 0 Å². The molecule has 1 N–H and O–H groups in total. The zero-order valence-corrected chi connectivity index (χ0v) is 10.2. The van der Waals surface area contributed by atoms with Crippen molar-refractivity contribution in [2.24, 2.45) is 0 Å². The van der Waals surface area contributed by atoms with Gasteiger partial charge in [0.05, 0.1) is 11.8 Å². The number of likely N-dealkylation sites (tertiary alicyclic amines) is 1. The molecule has 1 aliphatic heterocycles. The van der Waals surface area contributed by atoms with Gasteiger partial charge in [-0.3, -0.25) is 4.79 Å². The average molecular weight is 259 g/mol. The fourth-order valence-corrected chi connectivity index (χ4v) is 2.15. The quantitative estimate of drug-likeness (QED) is 0.812. The molecule has 0 radical (unpaired) electrons. The van der Waals surface area contributed by atoms with Crippen molar-refractivity contribution in [1.29, 1.82) is 0 Å². The van der Waals surface area contributed by atoms with E-state index in [9.17, 15) is 9.90 Å². The molecule has 0 saturated carbocycles. The highest BCUT2D eigenvalue weighted by atomic mass is 16.3. The summed E-state index contributed by atoms with van der Waals surface area (Å²) < 4.78 is 1.52. The second kappa shape index (κ2) is 4.77. The molecule has 1 aromatic heterocycles. The predicted octanol–water partition coefficient (Wildman–Crippen LogP) is -0.131. The monoisotopic (exact) mass is 259 g/mol. The van der Waals surface area contributed by atoms with Crippen molar-refractivity contribution >= 4 is 5.91 Å². The highest BCUT2D eigenvalue weighted by Gasteiger charge is 2.25. The van der Waals surface area contributed by atoms with E-state index in [-0.39, 0.29) is 5.91 Å². The molecule has 1 aliphatic rings. The van der Waals surface area contributed by atoms with E-state index in [0.717, 1.165) is 5.69 Å². The molecule has 0 bridgehead atoms. The molecule has 2 aromatic rings. The summed E-state index contributed by atoms with van der Waals surface area (Å²) in [5.41, 5.74) is 1.40. The lowest BCUT2D eigenvalue weighted by molar-refractivity contribution is 0.0765. The molecule has 3 rings (SSSR count). The number of hydrogen-bond donors (Lipinski definition) is 1. The van der Waals surface area contributed by atoms with Crippen molar-refractivity contribution in [3.63, 3.8) is 0 Å². The number of carbonyl (C=O) groups is 1.